The number of rotatable bonds is 5. The highest BCUT2D eigenvalue weighted by Crippen LogP contribution is 2.27. The molecule has 0 unspecified atom stereocenters. The van der Waals surface area contributed by atoms with Crippen LogP contribution in [0.5, 0.6) is 5.75 Å². The summed E-state index contributed by atoms with van der Waals surface area (Å²) in [7, 11) is 1.55. The molecule has 0 spiro atoms. The Kier molecular flexibility index (Phi) is 5.33. The van der Waals surface area contributed by atoms with Crippen LogP contribution in [0.15, 0.2) is 59.7 Å². The van der Waals surface area contributed by atoms with Crippen LogP contribution in [0.4, 0.5) is 5.69 Å². The van der Waals surface area contributed by atoms with Crippen molar-refractivity contribution in [1.82, 2.24) is 5.43 Å². The Labute approximate surface area is 159 Å². The molecule has 1 N–H and O–H groups in total. The first-order valence-corrected chi connectivity index (χ1v) is 8.22. The molecule has 0 aromatic heterocycles. The van der Waals surface area contributed by atoms with Gasteiger partial charge < -0.3 is 4.74 Å². The molecule has 0 aliphatic rings. The molecular weight excluding hydrogens is 370 g/mol. The number of carbonyl (C=O) groups is 1. The summed E-state index contributed by atoms with van der Waals surface area (Å²) in [5, 5.41) is 16.8. The summed E-state index contributed by atoms with van der Waals surface area (Å²) in [6, 6.07) is 15.2. The lowest BCUT2D eigenvalue weighted by molar-refractivity contribution is -0.384. The summed E-state index contributed by atoms with van der Waals surface area (Å²) in [6.45, 7) is 0. The average Bonchev–Trinajstić information content (AvgIpc) is 2.68. The number of nitro benzene ring substituents is 1. The van der Waals surface area contributed by atoms with E-state index in [1.54, 1.807) is 7.11 Å². The van der Waals surface area contributed by atoms with Crippen molar-refractivity contribution in [3.8, 4) is 5.75 Å². The Balaban J connectivity index is 1.86. The number of hydrogen-bond acceptors (Lipinski definition) is 5. The number of methoxy groups -OCH3 is 1. The summed E-state index contributed by atoms with van der Waals surface area (Å²) in [5.41, 5.74) is 2.80. The molecule has 0 saturated carbocycles. The van der Waals surface area contributed by atoms with E-state index >= 15 is 0 Å². The molecule has 0 atom stereocenters. The number of carbonyl (C=O) groups excluding carboxylic acids is 1. The summed E-state index contributed by atoms with van der Waals surface area (Å²) in [4.78, 5) is 22.5. The Morgan fingerprint density at radius 1 is 1.22 bits per heavy atom. The number of benzene rings is 3. The van der Waals surface area contributed by atoms with E-state index in [1.165, 1.54) is 18.3 Å². The van der Waals surface area contributed by atoms with Crippen molar-refractivity contribution in [3.63, 3.8) is 0 Å². The number of hydrazone groups is 1. The highest BCUT2D eigenvalue weighted by Gasteiger charge is 2.16. The number of halogens is 1. The fraction of sp³-hybridized carbons (Fsp3) is 0.0526. The van der Waals surface area contributed by atoms with Gasteiger partial charge in [-0.1, -0.05) is 41.9 Å². The first-order chi connectivity index (χ1) is 13.0. The second kappa shape index (κ2) is 7.84. The van der Waals surface area contributed by atoms with Crippen LogP contribution >= 0.6 is 11.6 Å². The van der Waals surface area contributed by atoms with Crippen LogP contribution in [0.25, 0.3) is 10.8 Å². The Morgan fingerprint density at radius 2 is 2.00 bits per heavy atom. The van der Waals surface area contributed by atoms with Crippen molar-refractivity contribution < 1.29 is 14.5 Å². The van der Waals surface area contributed by atoms with Crippen LogP contribution in [0, 0.1) is 10.1 Å². The van der Waals surface area contributed by atoms with Gasteiger partial charge in [-0.2, -0.15) is 5.10 Å². The van der Waals surface area contributed by atoms with Crippen LogP contribution in [0.3, 0.4) is 0 Å². The van der Waals surface area contributed by atoms with Crippen molar-refractivity contribution >= 4 is 40.2 Å². The van der Waals surface area contributed by atoms with E-state index in [4.69, 9.17) is 16.3 Å². The van der Waals surface area contributed by atoms with E-state index in [-0.39, 0.29) is 16.3 Å². The third kappa shape index (κ3) is 3.88. The Bertz CT molecular complexity index is 1070. The molecule has 0 aliphatic heterocycles. The molecule has 0 heterocycles. The van der Waals surface area contributed by atoms with Crippen LogP contribution in [0.2, 0.25) is 5.02 Å². The number of nitrogens with one attached hydrogen (secondary N) is 1. The maximum Gasteiger partial charge on any atom is 0.288 e. The first kappa shape index (κ1) is 18.3. The van der Waals surface area contributed by atoms with E-state index in [2.05, 4.69) is 10.5 Å². The van der Waals surface area contributed by atoms with Crippen LogP contribution in [-0.2, 0) is 0 Å². The second-order valence-electron chi connectivity index (χ2n) is 5.53. The van der Waals surface area contributed by atoms with Crippen molar-refractivity contribution in [2.24, 2.45) is 5.10 Å². The maximum atomic E-state index is 12.2. The van der Waals surface area contributed by atoms with Gasteiger partial charge in [-0.05, 0) is 29.0 Å². The lowest BCUT2D eigenvalue weighted by Gasteiger charge is -2.08. The van der Waals surface area contributed by atoms with Crippen molar-refractivity contribution in [1.29, 1.82) is 0 Å². The van der Waals surface area contributed by atoms with E-state index in [1.807, 2.05) is 36.4 Å². The second-order valence-corrected chi connectivity index (χ2v) is 5.93. The summed E-state index contributed by atoms with van der Waals surface area (Å²) >= 11 is 5.75. The number of ether oxygens (including phenoxy) is 1. The topological polar surface area (TPSA) is 93.8 Å². The molecule has 0 bridgehead atoms. The standard InChI is InChI=1S/C19H14ClN3O4/c1-27-18-9-7-12-4-2-3-5-14(12)15(18)11-21-22-19(24)13-6-8-16(20)17(10-13)23(25)26/h2-11H,1H3,(H,22,24). The number of fused-ring (bicyclic) bond motifs is 1. The molecule has 8 heteroatoms. The monoisotopic (exact) mass is 383 g/mol. The quantitative estimate of drug-likeness (QED) is 0.406. The predicted octanol–water partition coefficient (Wildman–Crippen LogP) is 4.17. The fourth-order valence-electron chi connectivity index (χ4n) is 2.60. The molecule has 3 aromatic carbocycles. The number of hydrogen-bond donors (Lipinski definition) is 1. The molecule has 3 aromatic rings. The minimum atomic E-state index is -0.649. The summed E-state index contributed by atoms with van der Waals surface area (Å²) in [5.74, 6) is 0.0130. The molecule has 136 valence electrons. The van der Waals surface area contributed by atoms with Gasteiger partial charge in [-0.25, -0.2) is 5.43 Å². The van der Waals surface area contributed by atoms with Crippen LogP contribution in [-0.4, -0.2) is 24.2 Å². The van der Waals surface area contributed by atoms with Gasteiger partial charge in [0.05, 0.1) is 18.2 Å². The molecule has 27 heavy (non-hydrogen) atoms. The molecule has 0 fully saturated rings. The van der Waals surface area contributed by atoms with Crippen molar-refractivity contribution in [2.45, 2.75) is 0 Å². The van der Waals surface area contributed by atoms with Gasteiger partial charge in [-0.15, -0.1) is 0 Å². The summed E-state index contributed by atoms with van der Waals surface area (Å²) in [6.07, 6.45) is 1.48. The fourth-order valence-corrected chi connectivity index (χ4v) is 2.79. The van der Waals surface area contributed by atoms with Gasteiger partial charge >= 0.3 is 0 Å². The zero-order valence-corrected chi connectivity index (χ0v) is 14.9. The molecule has 3 rings (SSSR count). The zero-order valence-electron chi connectivity index (χ0n) is 14.2. The lowest BCUT2D eigenvalue weighted by atomic mass is 10.0. The normalized spacial score (nSPS) is 10.9. The van der Waals surface area contributed by atoms with E-state index < -0.39 is 10.8 Å². The number of nitro groups is 1. The highest BCUT2D eigenvalue weighted by molar-refractivity contribution is 6.32. The van der Waals surface area contributed by atoms with E-state index in [0.29, 0.717) is 11.3 Å². The Hall–Kier alpha value is -3.45. The predicted molar refractivity (Wildman–Crippen MR) is 104 cm³/mol. The molecule has 1 amide bonds. The third-order valence-electron chi connectivity index (χ3n) is 3.92. The average molecular weight is 384 g/mol. The van der Waals surface area contributed by atoms with E-state index in [0.717, 1.165) is 16.8 Å². The molecule has 0 saturated heterocycles. The van der Waals surface area contributed by atoms with Gasteiger partial charge in [0.1, 0.15) is 10.8 Å². The maximum absolute atomic E-state index is 12.2. The smallest absolute Gasteiger partial charge is 0.288 e. The SMILES string of the molecule is COc1ccc2ccccc2c1C=NNC(=O)c1ccc(Cl)c([N+](=O)[O-])c1. The molecular formula is C19H14ClN3O4. The van der Waals surface area contributed by atoms with Gasteiger partial charge in [0.25, 0.3) is 11.6 Å². The molecule has 7 nitrogen and oxygen atoms in total. The largest absolute Gasteiger partial charge is 0.496 e. The zero-order chi connectivity index (χ0) is 19.4. The first-order valence-electron chi connectivity index (χ1n) is 7.84. The van der Waals surface area contributed by atoms with Gasteiger partial charge in [-0.3, -0.25) is 14.9 Å². The molecule has 0 aliphatic carbocycles. The van der Waals surface area contributed by atoms with Gasteiger partial charge in [0, 0.05) is 17.2 Å². The van der Waals surface area contributed by atoms with Crippen LogP contribution in [0.1, 0.15) is 15.9 Å². The molecule has 0 radical (unpaired) electrons. The third-order valence-corrected chi connectivity index (χ3v) is 4.23. The minimum Gasteiger partial charge on any atom is -0.496 e. The van der Waals surface area contributed by atoms with Crippen molar-refractivity contribution in [3.05, 3.63) is 80.9 Å². The van der Waals surface area contributed by atoms with Crippen LogP contribution < -0.4 is 10.2 Å². The van der Waals surface area contributed by atoms with Gasteiger partial charge in [0.2, 0.25) is 0 Å². The number of nitrogens with zero attached hydrogens (tertiary/aromatic N) is 2. The lowest BCUT2D eigenvalue weighted by Crippen LogP contribution is -2.17. The number of amides is 1. The van der Waals surface area contributed by atoms with E-state index in [9.17, 15) is 14.9 Å². The van der Waals surface area contributed by atoms with Gasteiger partial charge in [0.15, 0.2) is 0 Å². The highest BCUT2D eigenvalue weighted by atomic mass is 35.5. The Morgan fingerprint density at radius 3 is 2.74 bits per heavy atom. The summed E-state index contributed by atoms with van der Waals surface area (Å²) < 4.78 is 5.36. The minimum absolute atomic E-state index is 0.0412. The van der Waals surface area contributed by atoms with Crippen molar-refractivity contribution in [2.75, 3.05) is 7.11 Å².